The van der Waals surface area contributed by atoms with E-state index in [1.165, 1.54) is 15.6 Å². The zero-order chi connectivity index (χ0) is 19.1. The topological polar surface area (TPSA) is 129 Å². The third-order valence-corrected chi connectivity index (χ3v) is 7.71. The van der Waals surface area contributed by atoms with Crippen molar-refractivity contribution < 1.29 is 18.3 Å². The molecule has 2 aromatic rings. The number of carboxylic acid groups (broad SMARTS) is 1. The Balaban J connectivity index is 1.96. The van der Waals surface area contributed by atoms with Crippen molar-refractivity contribution in [1.29, 1.82) is 0 Å². The molecule has 0 unspecified atom stereocenters. The molecule has 3 rings (SSSR count). The van der Waals surface area contributed by atoms with E-state index in [1.807, 2.05) is 13.0 Å². The Kier molecular flexibility index (Phi) is 5.20. The van der Waals surface area contributed by atoms with Gasteiger partial charge in [0.2, 0.25) is 10.0 Å². The molecular formula is C16H22N4O4S2. The van der Waals surface area contributed by atoms with E-state index in [2.05, 4.69) is 10.2 Å². The first-order valence-corrected chi connectivity index (χ1v) is 10.6. The molecule has 0 aliphatic carbocycles. The first-order chi connectivity index (χ1) is 12.2. The summed E-state index contributed by atoms with van der Waals surface area (Å²) in [4.78, 5) is 13.0. The SMILES string of the molecule is Cc1cc(-c2cc(S(=O)(=O)N3C[C@H](N)CC[C@H](C(=O)O)C3)c(C)s2)n[nH]1. The average Bonchev–Trinajstić information content (AvgIpc) is 3.09. The van der Waals surface area contributed by atoms with Crippen molar-refractivity contribution in [3.63, 3.8) is 0 Å². The van der Waals surface area contributed by atoms with Crippen molar-refractivity contribution >= 4 is 27.3 Å². The molecule has 26 heavy (non-hydrogen) atoms. The Morgan fingerprint density at radius 2 is 2.08 bits per heavy atom. The summed E-state index contributed by atoms with van der Waals surface area (Å²) in [6.07, 6.45) is 0.867. The molecular weight excluding hydrogens is 376 g/mol. The number of hydrogen-bond acceptors (Lipinski definition) is 6. The normalized spacial score (nSPS) is 22.3. The molecule has 1 aliphatic heterocycles. The van der Waals surface area contributed by atoms with Crippen LogP contribution in [0.1, 0.15) is 23.4 Å². The van der Waals surface area contributed by atoms with Crippen LogP contribution in [0.4, 0.5) is 0 Å². The van der Waals surface area contributed by atoms with Crippen LogP contribution in [0.5, 0.6) is 0 Å². The summed E-state index contributed by atoms with van der Waals surface area (Å²) in [6.45, 7) is 3.68. The van der Waals surface area contributed by atoms with Crippen molar-refractivity contribution in [1.82, 2.24) is 14.5 Å². The molecule has 1 aliphatic rings. The Bertz CT molecular complexity index is 919. The van der Waals surface area contributed by atoms with Gasteiger partial charge in [0.25, 0.3) is 0 Å². The molecule has 4 N–H and O–H groups in total. The van der Waals surface area contributed by atoms with E-state index in [0.29, 0.717) is 23.4 Å². The third-order valence-electron chi connectivity index (χ3n) is 4.55. The van der Waals surface area contributed by atoms with Crippen LogP contribution in [0, 0.1) is 19.8 Å². The Morgan fingerprint density at radius 3 is 2.69 bits per heavy atom. The van der Waals surface area contributed by atoms with E-state index >= 15 is 0 Å². The van der Waals surface area contributed by atoms with Gasteiger partial charge in [-0.05, 0) is 38.8 Å². The molecule has 2 aromatic heterocycles. The highest BCUT2D eigenvalue weighted by atomic mass is 32.2. The fourth-order valence-corrected chi connectivity index (χ4v) is 6.17. The van der Waals surface area contributed by atoms with Crippen LogP contribution in [-0.4, -0.2) is 53.1 Å². The molecule has 1 saturated heterocycles. The van der Waals surface area contributed by atoms with Crippen molar-refractivity contribution in [2.75, 3.05) is 13.1 Å². The van der Waals surface area contributed by atoms with Crippen LogP contribution in [0.2, 0.25) is 0 Å². The summed E-state index contributed by atoms with van der Waals surface area (Å²) >= 11 is 1.35. The van der Waals surface area contributed by atoms with Crippen LogP contribution < -0.4 is 5.73 Å². The van der Waals surface area contributed by atoms with Crippen LogP contribution in [-0.2, 0) is 14.8 Å². The lowest BCUT2D eigenvalue weighted by molar-refractivity contribution is -0.142. The van der Waals surface area contributed by atoms with E-state index < -0.39 is 21.9 Å². The van der Waals surface area contributed by atoms with Crippen molar-refractivity contribution in [3.8, 4) is 10.6 Å². The van der Waals surface area contributed by atoms with Gasteiger partial charge in [0.1, 0.15) is 5.69 Å². The number of aryl methyl sites for hydroxylation is 2. The number of nitrogens with two attached hydrogens (primary N) is 1. The van der Waals surface area contributed by atoms with Crippen molar-refractivity contribution in [2.45, 2.75) is 37.6 Å². The Morgan fingerprint density at radius 1 is 1.35 bits per heavy atom. The number of hydrogen-bond donors (Lipinski definition) is 3. The fraction of sp³-hybridized carbons (Fsp3) is 0.500. The largest absolute Gasteiger partial charge is 0.481 e. The van der Waals surface area contributed by atoms with Crippen molar-refractivity contribution in [2.24, 2.45) is 11.7 Å². The summed E-state index contributed by atoms with van der Waals surface area (Å²) < 4.78 is 27.6. The molecule has 0 saturated carbocycles. The lowest BCUT2D eigenvalue weighted by Gasteiger charge is -2.23. The predicted octanol–water partition coefficient (Wildman–Crippen LogP) is 1.57. The Labute approximate surface area is 156 Å². The molecule has 3 heterocycles. The molecule has 0 spiro atoms. The lowest BCUT2D eigenvalue weighted by atomic mass is 10.0. The molecule has 2 atom stereocenters. The van der Waals surface area contributed by atoms with E-state index in [9.17, 15) is 18.3 Å². The number of nitrogens with one attached hydrogen (secondary N) is 1. The van der Waals surface area contributed by atoms with Crippen LogP contribution in [0.3, 0.4) is 0 Å². The molecule has 0 radical (unpaired) electrons. The molecule has 8 nitrogen and oxygen atoms in total. The molecule has 1 fully saturated rings. The number of aromatic nitrogens is 2. The number of H-pyrrole nitrogens is 1. The summed E-state index contributed by atoms with van der Waals surface area (Å²) in [6, 6.07) is 3.09. The number of sulfonamides is 1. The van der Waals surface area contributed by atoms with Gasteiger partial charge in [-0.1, -0.05) is 0 Å². The minimum Gasteiger partial charge on any atom is -0.481 e. The number of aliphatic carboxylic acids is 1. The maximum absolute atomic E-state index is 13.2. The minimum atomic E-state index is -3.83. The lowest BCUT2D eigenvalue weighted by Crippen LogP contribution is -2.41. The average molecular weight is 399 g/mol. The van der Waals surface area contributed by atoms with E-state index in [-0.39, 0.29) is 24.0 Å². The number of aromatic amines is 1. The second-order valence-corrected chi connectivity index (χ2v) is 9.82. The van der Waals surface area contributed by atoms with E-state index in [1.54, 1.807) is 13.0 Å². The van der Waals surface area contributed by atoms with Crippen LogP contribution >= 0.6 is 11.3 Å². The second-order valence-electron chi connectivity index (χ2n) is 6.66. The van der Waals surface area contributed by atoms with Gasteiger partial charge in [-0.15, -0.1) is 11.3 Å². The van der Waals surface area contributed by atoms with E-state index in [0.717, 1.165) is 10.6 Å². The minimum absolute atomic E-state index is 0.0580. The summed E-state index contributed by atoms with van der Waals surface area (Å²) in [5.41, 5.74) is 7.56. The van der Waals surface area contributed by atoms with Gasteiger partial charge in [-0.2, -0.15) is 9.40 Å². The first-order valence-electron chi connectivity index (χ1n) is 8.30. The van der Waals surface area contributed by atoms with Gasteiger partial charge in [-0.25, -0.2) is 8.42 Å². The standard InChI is InChI=1S/C16H22N4O4S2/c1-9-5-13(19-18-9)14-6-15(10(2)25-14)26(23,24)20-7-11(16(21)22)3-4-12(17)8-20/h5-6,11-12H,3-4,7-8,17H2,1-2H3,(H,18,19)(H,21,22)/t11-,12+/m0/s1. The summed E-state index contributed by atoms with van der Waals surface area (Å²) in [5.74, 6) is -1.74. The number of nitrogens with zero attached hydrogens (tertiary/aromatic N) is 2. The highest BCUT2D eigenvalue weighted by Gasteiger charge is 2.35. The Hall–Kier alpha value is -1.75. The maximum Gasteiger partial charge on any atom is 0.307 e. The molecule has 0 aromatic carbocycles. The van der Waals surface area contributed by atoms with Gasteiger partial charge >= 0.3 is 5.97 Å². The van der Waals surface area contributed by atoms with Gasteiger partial charge in [0, 0.05) is 29.7 Å². The zero-order valence-electron chi connectivity index (χ0n) is 14.6. The van der Waals surface area contributed by atoms with E-state index in [4.69, 9.17) is 5.73 Å². The predicted molar refractivity (Wildman–Crippen MR) is 98.5 cm³/mol. The molecule has 10 heteroatoms. The highest BCUT2D eigenvalue weighted by Crippen LogP contribution is 2.35. The summed E-state index contributed by atoms with van der Waals surface area (Å²) in [5, 5.41) is 16.4. The number of carbonyl (C=O) groups is 1. The van der Waals surface area contributed by atoms with Crippen LogP contribution in [0.15, 0.2) is 17.0 Å². The van der Waals surface area contributed by atoms with Gasteiger partial charge in [-0.3, -0.25) is 9.89 Å². The smallest absolute Gasteiger partial charge is 0.307 e. The fourth-order valence-electron chi connectivity index (χ4n) is 3.11. The second kappa shape index (κ2) is 7.10. The van der Waals surface area contributed by atoms with Crippen molar-refractivity contribution in [3.05, 3.63) is 22.7 Å². The maximum atomic E-state index is 13.2. The van der Waals surface area contributed by atoms with Gasteiger partial charge < -0.3 is 10.8 Å². The van der Waals surface area contributed by atoms with Gasteiger partial charge in [0.15, 0.2) is 0 Å². The molecule has 142 valence electrons. The molecule has 0 bridgehead atoms. The highest BCUT2D eigenvalue weighted by molar-refractivity contribution is 7.89. The van der Waals surface area contributed by atoms with Crippen LogP contribution in [0.25, 0.3) is 10.6 Å². The number of carboxylic acids is 1. The van der Waals surface area contributed by atoms with Gasteiger partial charge in [0.05, 0.1) is 15.7 Å². The first kappa shape index (κ1) is 19.0. The third kappa shape index (κ3) is 3.68. The number of thiophene rings is 1. The molecule has 0 amide bonds. The quantitative estimate of drug-likeness (QED) is 0.717. The monoisotopic (exact) mass is 398 g/mol. The zero-order valence-corrected chi connectivity index (χ0v) is 16.2. The number of rotatable bonds is 4. The summed E-state index contributed by atoms with van der Waals surface area (Å²) in [7, 11) is -3.83.